The fraction of sp³-hybridized carbons (Fsp3) is 0.368. The Morgan fingerprint density at radius 1 is 1.19 bits per heavy atom. The lowest BCUT2D eigenvalue weighted by Crippen LogP contribution is -2.37. The zero-order valence-electron chi connectivity index (χ0n) is 14.7. The molecule has 0 saturated carbocycles. The average Bonchev–Trinajstić information content (AvgIpc) is 2.88. The second kappa shape index (κ2) is 7.92. The van der Waals surface area contributed by atoms with Crippen molar-refractivity contribution in [1.82, 2.24) is 4.90 Å². The Bertz CT molecular complexity index is 809. The number of anilines is 1. The van der Waals surface area contributed by atoms with Crippen LogP contribution in [0.3, 0.4) is 0 Å². The van der Waals surface area contributed by atoms with Gasteiger partial charge in [0.2, 0.25) is 11.8 Å². The zero-order chi connectivity index (χ0) is 19.6. The van der Waals surface area contributed by atoms with Crippen molar-refractivity contribution in [3.05, 3.63) is 40.9 Å². The molecule has 8 heteroatoms. The van der Waals surface area contributed by atoms with Gasteiger partial charge in [-0.25, -0.2) is 0 Å². The van der Waals surface area contributed by atoms with Crippen molar-refractivity contribution < 1.29 is 23.9 Å². The Hall–Kier alpha value is -2.67. The van der Waals surface area contributed by atoms with Crippen LogP contribution in [-0.4, -0.2) is 41.7 Å². The summed E-state index contributed by atoms with van der Waals surface area (Å²) in [6.07, 6.45) is 4.75. The minimum Gasteiger partial charge on any atom is -0.454 e. The molecule has 142 valence electrons. The number of carbonyl (C=O) groups excluding carboxylic acids is 4. The Kier molecular flexibility index (Phi) is 5.60. The SMILES string of the molecule is Cc1cc(Cl)ccc1NC(=O)COC(=O)CN1C(=O)[C@H]2CC=CC[C@H]2C1=O. The first-order valence-electron chi connectivity index (χ1n) is 8.58. The smallest absolute Gasteiger partial charge is 0.326 e. The number of imide groups is 1. The largest absolute Gasteiger partial charge is 0.454 e. The van der Waals surface area contributed by atoms with E-state index in [9.17, 15) is 19.2 Å². The molecule has 3 rings (SSSR count). The summed E-state index contributed by atoms with van der Waals surface area (Å²) in [5.74, 6) is -2.82. The van der Waals surface area contributed by atoms with E-state index in [0.29, 0.717) is 23.6 Å². The monoisotopic (exact) mass is 390 g/mol. The summed E-state index contributed by atoms with van der Waals surface area (Å²) < 4.78 is 4.91. The number of aryl methyl sites for hydroxylation is 1. The number of amides is 3. The quantitative estimate of drug-likeness (QED) is 0.472. The van der Waals surface area contributed by atoms with Gasteiger partial charge in [0.15, 0.2) is 6.61 Å². The Balaban J connectivity index is 1.50. The number of fused-ring (bicyclic) bond motifs is 1. The van der Waals surface area contributed by atoms with Crippen LogP contribution in [0.5, 0.6) is 0 Å². The summed E-state index contributed by atoms with van der Waals surface area (Å²) in [6.45, 7) is 0.801. The van der Waals surface area contributed by atoms with Gasteiger partial charge in [-0.2, -0.15) is 0 Å². The summed E-state index contributed by atoms with van der Waals surface area (Å²) in [7, 11) is 0. The van der Waals surface area contributed by atoms with Gasteiger partial charge in [-0.15, -0.1) is 0 Å². The fourth-order valence-corrected chi connectivity index (χ4v) is 3.53. The summed E-state index contributed by atoms with van der Waals surface area (Å²) >= 11 is 5.86. The Labute approximate surface area is 161 Å². The topological polar surface area (TPSA) is 92.8 Å². The second-order valence-electron chi connectivity index (χ2n) is 6.59. The molecule has 1 aromatic carbocycles. The molecule has 1 aliphatic carbocycles. The summed E-state index contributed by atoms with van der Waals surface area (Å²) in [4.78, 5) is 49.5. The maximum Gasteiger partial charge on any atom is 0.326 e. The van der Waals surface area contributed by atoms with Crippen molar-refractivity contribution in [2.24, 2.45) is 11.8 Å². The molecule has 27 heavy (non-hydrogen) atoms. The summed E-state index contributed by atoms with van der Waals surface area (Å²) in [6, 6.07) is 4.98. The van der Waals surface area contributed by atoms with E-state index in [2.05, 4.69) is 5.32 Å². The maximum atomic E-state index is 12.3. The zero-order valence-corrected chi connectivity index (χ0v) is 15.5. The minimum atomic E-state index is -0.800. The van der Waals surface area contributed by atoms with Gasteiger partial charge >= 0.3 is 5.97 Å². The van der Waals surface area contributed by atoms with Gasteiger partial charge < -0.3 is 10.1 Å². The summed E-state index contributed by atoms with van der Waals surface area (Å²) in [5, 5.41) is 3.16. The number of halogens is 1. The number of hydrogen-bond acceptors (Lipinski definition) is 5. The Morgan fingerprint density at radius 2 is 1.81 bits per heavy atom. The van der Waals surface area contributed by atoms with Gasteiger partial charge in [0.05, 0.1) is 11.8 Å². The molecule has 7 nitrogen and oxygen atoms in total. The minimum absolute atomic E-state index is 0.354. The molecule has 1 heterocycles. The van der Waals surface area contributed by atoms with E-state index in [1.807, 2.05) is 12.2 Å². The number of hydrogen-bond donors (Lipinski definition) is 1. The van der Waals surface area contributed by atoms with Gasteiger partial charge in [0, 0.05) is 10.7 Å². The molecular weight excluding hydrogens is 372 g/mol. The van der Waals surface area contributed by atoms with Crippen molar-refractivity contribution in [3.63, 3.8) is 0 Å². The predicted molar refractivity (Wildman–Crippen MR) is 97.9 cm³/mol. The molecule has 1 saturated heterocycles. The third-order valence-corrected chi connectivity index (χ3v) is 4.95. The van der Waals surface area contributed by atoms with Crippen LogP contribution in [0, 0.1) is 18.8 Å². The standard InChI is InChI=1S/C19H19ClN2O5/c1-11-8-12(20)6-7-15(11)21-16(23)10-27-17(24)9-22-18(25)13-4-2-3-5-14(13)19(22)26/h2-3,6-8,13-14H,4-5,9-10H2,1H3,(H,21,23)/t13-,14+. The number of esters is 1. The van der Waals surface area contributed by atoms with Gasteiger partial charge in [-0.1, -0.05) is 23.8 Å². The molecule has 1 fully saturated rings. The number of nitrogens with zero attached hydrogens (tertiary/aromatic N) is 1. The van der Waals surface area contributed by atoms with Crippen molar-refractivity contribution >= 4 is 41.0 Å². The molecule has 0 radical (unpaired) electrons. The van der Waals surface area contributed by atoms with Crippen LogP contribution < -0.4 is 5.32 Å². The molecular formula is C19H19ClN2O5. The van der Waals surface area contributed by atoms with Gasteiger partial charge in [0.25, 0.3) is 5.91 Å². The van der Waals surface area contributed by atoms with Crippen molar-refractivity contribution in [3.8, 4) is 0 Å². The third-order valence-electron chi connectivity index (χ3n) is 4.71. The maximum absolute atomic E-state index is 12.3. The molecule has 2 atom stereocenters. The van der Waals surface area contributed by atoms with Crippen LogP contribution in [-0.2, 0) is 23.9 Å². The van der Waals surface area contributed by atoms with E-state index in [1.165, 1.54) is 0 Å². The Morgan fingerprint density at radius 3 is 2.41 bits per heavy atom. The average molecular weight is 391 g/mol. The van der Waals surface area contributed by atoms with Gasteiger partial charge in [-0.3, -0.25) is 24.1 Å². The van der Waals surface area contributed by atoms with Crippen LogP contribution in [0.15, 0.2) is 30.4 Å². The van der Waals surface area contributed by atoms with E-state index < -0.39 is 36.9 Å². The molecule has 1 aromatic rings. The first-order chi connectivity index (χ1) is 12.9. The lowest BCUT2D eigenvalue weighted by atomic mass is 9.85. The molecule has 2 aliphatic rings. The van der Waals surface area contributed by atoms with Crippen LogP contribution in [0.1, 0.15) is 18.4 Å². The third kappa shape index (κ3) is 4.19. The summed E-state index contributed by atoms with van der Waals surface area (Å²) in [5.41, 5.74) is 1.33. The van der Waals surface area contributed by atoms with Crippen molar-refractivity contribution in [2.45, 2.75) is 19.8 Å². The fourth-order valence-electron chi connectivity index (χ4n) is 3.30. The van der Waals surface area contributed by atoms with Crippen molar-refractivity contribution in [1.29, 1.82) is 0 Å². The molecule has 0 aromatic heterocycles. The number of carbonyl (C=O) groups is 4. The molecule has 3 amide bonds. The van der Waals surface area contributed by atoms with Gasteiger partial charge in [0.1, 0.15) is 6.54 Å². The lowest BCUT2D eigenvalue weighted by molar-refractivity contribution is -0.154. The lowest BCUT2D eigenvalue weighted by Gasteiger charge is -2.14. The highest BCUT2D eigenvalue weighted by Gasteiger charge is 2.47. The van der Waals surface area contributed by atoms with E-state index in [4.69, 9.17) is 16.3 Å². The number of benzene rings is 1. The van der Waals surface area contributed by atoms with Crippen molar-refractivity contribution in [2.75, 3.05) is 18.5 Å². The number of rotatable bonds is 5. The molecule has 0 bridgehead atoms. The van der Waals surface area contributed by atoms with E-state index in [1.54, 1.807) is 25.1 Å². The van der Waals surface area contributed by atoms with E-state index in [0.717, 1.165) is 10.5 Å². The van der Waals surface area contributed by atoms with Crippen LogP contribution in [0.4, 0.5) is 5.69 Å². The first-order valence-corrected chi connectivity index (χ1v) is 8.96. The van der Waals surface area contributed by atoms with E-state index >= 15 is 0 Å². The van der Waals surface area contributed by atoms with Crippen LogP contribution in [0.25, 0.3) is 0 Å². The molecule has 0 spiro atoms. The molecule has 1 aliphatic heterocycles. The highest BCUT2D eigenvalue weighted by molar-refractivity contribution is 6.30. The number of likely N-dealkylation sites (tertiary alicyclic amines) is 1. The van der Waals surface area contributed by atoms with Gasteiger partial charge in [-0.05, 0) is 43.5 Å². The molecule has 0 unspecified atom stereocenters. The van der Waals surface area contributed by atoms with E-state index in [-0.39, 0.29) is 11.8 Å². The molecule has 1 N–H and O–H groups in total. The number of nitrogens with one attached hydrogen (secondary N) is 1. The predicted octanol–water partition coefficient (Wildman–Crippen LogP) is 2.08. The van der Waals surface area contributed by atoms with Crippen LogP contribution >= 0.6 is 11.6 Å². The first kappa shape index (κ1) is 19.1. The van der Waals surface area contributed by atoms with Crippen LogP contribution in [0.2, 0.25) is 5.02 Å². The highest BCUT2D eigenvalue weighted by Crippen LogP contribution is 2.34. The normalized spacial score (nSPS) is 21.2. The number of ether oxygens (including phenoxy) is 1. The number of allylic oxidation sites excluding steroid dienone is 2. The highest BCUT2D eigenvalue weighted by atomic mass is 35.5. The second-order valence-corrected chi connectivity index (χ2v) is 7.02.